The molecule has 3 aromatic rings. The summed E-state index contributed by atoms with van der Waals surface area (Å²) < 4.78 is 16.7. The zero-order valence-electron chi connectivity index (χ0n) is 17.7. The zero-order valence-corrected chi connectivity index (χ0v) is 17.7. The van der Waals surface area contributed by atoms with Gasteiger partial charge in [0.2, 0.25) is 0 Å². The van der Waals surface area contributed by atoms with Crippen molar-refractivity contribution >= 4 is 0 Å². The molecule has 0 aliphatic heterocycles. The van der Waals surface area contributed by atoms with E-state index in [-0.39, 0.29) is 13.2 Å². The van der Waals surface area contributed by atoms with Gasteiger partial charge in [-0.15, -0.1) is 0 Å². The van der Waals surface area contributed by atoms with Crippen molar-refractivity contribution in [3.63, 3.8) is 0 Å². The largest absolute Gasteiger partial charge is 0.487 e. The van der Waals surface area contributed by atoms with Gasteiger partial charge in [0.25, 0.3) is 5.89 Å². The van der Waals surface area contributed by atoms with Crippen LogP contribution in [0.1, 0.15) is 31.1 Å². The van der Waals surface area contributed by atoms with Gasteiger partial charge in [0, 0.05) is 19.1 Å². The van der Waals surface area contributed by atoms with Crippen LogP contribution in [0, 0.1) is 6.92 Å². The number of aliphatic hydroxyl groups excluding tert-OH is 1. The third kappa shape index (κ3) is 6.57. The maximum absolute atomic E-state index is 10.6. The molecule has 7 nitrogen and oxygen atoms in total. The van der Waals surface area contributed by atoms with Crippen LogP contribution in [0.3, 0.4) is 0 Å². The number of para-hydroxylation sites is 2. The van der Waals surface area contributed by atoms with E-state index in [1.165, 1.54) is 5.56 Å². The molecule has 0 radical (unpaired) electrons. The van der Waals surface area contributed by atoms with Gasteiger partial charge in [-0.3, -0.25) is 4.90 Å². The van der Waals surface area contributed by atoms with Crippen LogP contribution in [0.25, 0.3) is 0 Å². The molecule has 1 unspecified atom stereocenters. The number of benzene rings is 2. The average Bonchev–Trinajstić information content (AvgIpc) is 3.16. The average molecular weight is 412 g/mol. The Morgan fingerprint density at radius 3 is 2.30 bits per heavy atom. The highest BCUT2D eigenvalue weighted by Crippen LogP contribution is 2.27. The van der Waals surface area contributed by atoms with Crippen molar-refractivity contribution in [3.05, 3.63) is 71.9 Å². The molecule has 0 saturated carbocycles. The van der Waals surface area contributed by atoms with Crippen molar-refractivity contribution in [1.82, 2.24) is 15.0 Å². The quantitative estimate of drug-likeness (QED) is 0.516. The molecule has 0 aliphatic rings. The summed E-state index contributed by atoms with van der Waals surface area (Å²) in [7, 11) is 0. The summed E-state index contributed by atoms with van der Waals surface area (Å²) in [5.74, 6) is 2.08. The Balaban J connectivity index is 1.53. The first-order chi connectivity index (χ1) is 14.5. The number of hydrogen-bond donors (Lipinski definition) is 1. The van der Waals surface area contributed by atoms with Crippen molar-refractivity contribution in [2.45, 2.75) is 46.1 Å². The summed E-state index contributed by atoms with van der Waals surface area (Å²) in [5.41, 5.74) is 1.22. The second kappa shape index (κ2) is 10.8. The third-order valence-corrected chi connectivity index (χ3v) is 4.61. The highest BCUT2D eigenvalue weighted by Gasteiger charge is 2.17. The number of ether oxygens (including phenoxy) is 2. The predicted octanol–water partition coefficient (Wildman–Crippen LogP) is 3.61. The first-order valence-electron chi connectivity index (χ1n) is 10.1. The number of nitrogens with zero attached hydrogens (tertiary/aromatic N) is 3. The molecule has 1 heterocycles. The van der Waals surface area contributed by atoms with Crippen molar-refractivity contribution in [3.8, 4) is 11.5 Å². The number of hydrogen-bond acceptors (Lipinski definition) is 7. The lowest BCUT2D eigenvalue weighted by Gasteiger charge is -2.29. The van der Waals surface area contributed by atoms with Crippen molar-refractivity contribution < 1.29 is 19.1 Å². The van der Waals surface area contributed by atoms with Gasteiger partial charge in [0.1, 0.15) is 12.7 Å². The second-order valence-corrected chi connectivity index (χ2v) is 7.44. The molecule has 0 aliphatic carbocycles. The van der Waals surface area contributed by atoms with E-state index in [0.29, 0.717) is 35.8 Å². The molecule has 0 fully saturated rings. The number of aromatic nitrogens is 2. The molecular formula is C23H29N3O4. The maximum atomic E-state index is 10.6. The maximum Gasteiger partial charge on any atom is 0.264 e. The van der Waals surface area contributed by atoms with Gasteiger partial charge in [-0.05, 0) is 38.5 Å². The minimum Gasteiger partial charge on any atom is -0.487 e. The molecule has 160 valence electrons. The van der Waals surface area contributed by atoms with Crippen LogP contribution < -0.4 is 9.47 Å². The van der Waals surface area contributed by atoms with E-state index in [2.05, 4.69) is 41.0 Å². The fraction of sp³-hybridized carbons (Fsp3) is 0.391. The minimum absolute atomic E-state index is 0.155. The van der Waals surface area contributed by atoms with Crippen LogP contribution >= 0.6 is 0 Å². The van der Waals surface area contributed by atoms with E-state index in [0.717, 1.165) is 6.54 Å². The van der Waals surface area contributed by atoms with Gasteiger partial charge in [0.15, 0.2) is 23.9 Å². The Morgan fingerprint density at radius 2 is 1.67 bits per heavy atom. The van der Waals surface area contributed by atoms with Gasteiger partial charge in [-0.1, -0.05) is 47.6 Å². The van der Waals surface area contributed by atoms with E-state index in [1.807, 2.05) is 36.4 Å². The first-order valence-corrected chi connectivity index (χ1v) is 10.1. The molecule has 0 bridgehead atoms. The van der Waals surface area contributed by atoms with Crippen molar-refractivity contribution in [2.24, 2.45) is 0 Å². The second-order valence-electron chi connectivity index (χ2n) is 7.44. The van der Waals surface area contributed by atoms with E-state index < -0.39 is 6.10 Å². The molecule has 3 rings (SSSR count). The van der Waals surface area contributed by atoms with E-state index in [9.17, 15) is 5.11 Å². The standard InChI is InChI=1S/C23H29N3O4/c1-17(2)26(13-19-9-5-4-6-10-19)14-20(27)15-28-21-11-7-8-12-22(21)29-16-23-24-18(3)25-30-23/h4-12,17,20,27H,13-16H2,1-3H3. The van der Waals surface area contributed by atoms with E-state index in [1.54, 1.807) is 13.0 Å². The summed E-state index contributed by atoms with van der Waals surface area (Å²) in [6, 6.07) is 17.9. The molecular weight excluding hydrogens is 382 g/mol. The van der Waals surface area contributed by atoms with Crippen LogP contribution in [-0.4, -0.2) is 45.4 Å². The fourth-order valence-electron chi connectivity index (χ4n) is 3.01. The minimum atomic E-state index is -0.636. The Hall–Kier alpha value is -2.90. The lowest BCUT2D eigenvalue weighted by Crippen LogP contribution is -2.39. The van der Waals surface area contributed by atoms with Crippen molar-refractivity contribution in [2.75, 3.05) is 13.2 Å². The monoisotopic (exact) mass is 411 g/mol. The van der Waals surface area contributed by atoms with Crippen LogP contribution in [0.4, 0.5) is 0 Å². The predicted molar refractivity (Wildman–Crippen MR) is 113 cm³/mol. The van der Waals surface area contributed by atoms with Gasteiger partial charge in [0.05, 0.1) is 0 Å². The normalized spacial score (nSPS) is 12.3. The van der Waals surface area contributed by atoms with Crippen LogP contribution in [0.15, 0.2) is 59.1 Å². The number of aryl methyl sites for hydroxylation is 1. The smallest absolute Gasteiger partial charge is 0.264 e. The molecule has 0 saturated heterocycles. The molecule has 1 aromatic heterocycles. The fourth-order valence-corrected chi connectivity index (χ4v) is 3.01. The molecule has 0 spiro atoms. The Labute approximate surface area is 177 Å². The van der Waals surface area contributed by atoms with E-state index in [4.69, 9.17) is 14.0 Å². The van der Waals surface area contributed by atoms with Crippen LogP contribution in [0.2, 0.25) is 0 Å². The van der Waals surface area contributed by atoms with Crippen molar-refractivity contribution in [1.29, 1.82) is 0 Å². The molecule has 7 heteroatoms. The molecule has 1 atom stereocenters. The lowest BCUT2D eigenvalue weighted by atomic mass is 10.1. The molecule has 30 heavy (non-hydrogen) atoms. The van der Waals surface area contributed by atoms with Gasteiger partial charge >= 0.3 is 0 Å². The topological polar surface area (TPSA) is 80.9 Å². The molecule has 0 amide bonds. The van der Waals surface area contributed by atoms with Gasteiger partial charge in [-0.2, -0.15) is 4.98 Å². The summed E-state index contributed by atoms with van der Waals surface area (Å²) in [5, 5.41) is 14.3. The summed E-state index contributed by atoms with van der Waals surface area (Å²) in [6.07, 6.45) is -0.636. The number of aliphatic hydroxyl groups is 1. The summed E-state index contributed by atoms with van der Waals surface area (Å²) in [6.45, 7) is 7.61. The van der Waals surface area contributed by atoms with Gasteiger partial charge < -0.3 is 19.1 Å². The SMILES string of the molecule is Cc1noc(COc2ccccc2OCC(O)CN(Cc2ccccc2)C(C)C)n1. The highest BCUT2D eigenvalue weighted by molar-refractivity contribution is 5.39. The molecule has 1 N–H and O–H groups in total. The first kappa shape index (κ1) is 21.8. The Kier molecular flexibility index (Phi) is 7.82. The number of rotatable bonds is 11. The Morgan fingerprint density at radius 1 is 1.00 bits per heavy atom. The lowest BCUT2D eigenvalue weighted by molar-refractivity contribution is 0.0530. The summed E-state index contributed by atoms with van der Waals surface area (Å²) >= 11 is 0. The zero-order chi connectivity index (χ0) is 21.3. The van der Waals surface area contributed by atoms with E-state index >= 15 is 0 Å². The van der Waals surface area contributed by atoms with Crippen LogP contribution in [-0.2, 0) is 13.2 Å². The van der Waals surface area contributed by atoms with Gasteiger partial charge in [-0.25, -0.2) is 0 Å². The Bertz CT molecular complexity index is 898. The molecule has 2 aromatic carbocycles. The summed E-state index contributed by atoms with van der Waals surface area (Å²) in [4.78, 5) is 6.35. The van der Waals surface area contributed by atoms with Crippen LogP contribution in [0.5, 0.6) is 11.5 Å². The third-order valence-electron chi connectivity index (χ3n) is 4.61. The highest BCUT2D eigenvalue weighted by atomic mass is 16.5.